The summed E-state index contributed by atoms with van der Waals surface area (Å²) in [6.45, 7) is -0.424. The van der Waals surface area contributed by atoms with Crippen molar-refractivity contribution in [3.8, 4) is 5.75 Å². The Labute approximate surface area is 115 Å². The molecule has 0 radical (unpaired) electrons. The van der Waals surface area contributed by atoms with Crippen molar-refractivity contribution in [2.45, 2.75) is 24.4 Å². The van der Waals surface area contributed by atoms with Gasteiger partial charge in [0.2, 0.25) is 0 Å². The minimum Gasteiger partial charge on any atom is -0.410 e. The fraction of sp³-hybridized carbons (Fsp3) is 0.462. The molecule has 0 unspecified atom stereocenters. The maximum absolute atomic E-state index is 11.7. The average Bonchev–Trinajstić information content (AvgIpc) is 2.45. The van der Waals surface area contributed by atoms with Crippen LogP contribution in [0.2, 0.25) is 0 Å². The highest BCUT2D eigenvalue weighted by molar-refractivity contribution is 5.70. The van der Waals surface area contributed by atoms with E-state index in [1.807, 2.05) is 0 Å². The van der Waals surface area contributed by atoms with Crippen LogP contribution in [0.1, 0.15) is 0 Å². The highest BCUT2D eigenvalue weighted by atomic mass is 16.6. The maximum atomic E-state index is 11.7. The first-order valence-corrected chi connectivity index (χ1v) is 6.24. The van der Waals surface area contributed by atoms with Crippen molar-refractivity contribution >= 4 is 6.09 Å². The van der Waals surface area contributed by atoms with Crippen LogP contribution in [-0.2, 0) is 4.74 Å². The first kappa shape index (κ1) is 14.7. The van der Waals surface area contributed by atoms with Gasteiger partial charge in [0.1, 0.15) is 24.1 Å². The molecule has 4 atom stereocenters. The van der Waals surface area contributed by atoms with E-state index in [0.29, 0.717) is 5.75 Å². The van der Waals surface area contributed by atoms with Crippen LogP contribution in [0.3, 0.4) is 0 Å². The lowest BCUT2D eigenvalue weighted by Gasteiger charge is -2.36. The van der Waals surface area contributed by atoms with Crippen molar-refractivity contribution in [3.63, 3.8) is 0 Å². The number of benzene rings is 1. The zero-order valence-electron chi connectivity index (χ0n) is 10.7. The zero-order valence-corrected chi connectivity index (χ0v) is 10.7. The van der Waals surface area contributed by atoms with Crippen LogP contribution >= 0.6 is 0 Å². The molecular weight excluding hydrogens is 266 g/mol. The number of carbonyl (C=O) groups is 1. The summed E-state index contributed by atoms with van der Waals surface area (Å²) >= 11 is 0. The van der Waals surface area contributed by atoms with E-state index >= 15 is 0 Å². The van der Waals surface area contributed by atoms with Crippen molar-refractivity contribution in [3.05, 3.63) is 30.3 Å². The van der Waals surface area contributed by atoms with Gasteiger partial charge in [0.25, 0.3) is 0 Å². The Morgan fingerprint density at radius 3 is 2.65 bits per heavy atom. The second kappa shape index (κ2) is 6.67. The predicted octanol–water partition coefficient (Wildman–Crippen LogP) is -0.743. The second-order valence-corrected chi connectivity index (χ2v) is 4.49. The summed E-state index contributed by atoms with van der Waals surface area (Å²) in [5.74, 6) is 0.366. The molecule has 0 spiro atoms. The van der Waals surface area contributed by atoms with Crippen LogP contribution < -0.4 is 10.1 Å². The first-order valence-electron chi connectivity index (χ1n) is 6.24. The highest BCUT2D eigenvalue weighted by Gasteiger charge is 2.38. The molecule has 1 heterocycles. The van der Waals surface area contributed by atoms with Gasteiger partial charge in [-0.15, -0.1) is 0 Å². The minimum atomic E-state index is -1.27. The molecule has 20 heavy (non-hydrogen) atoms. The van der Waals surface area contributed by atoms with E-state index in [9.17, 15) is 15.0 Å². The summed E-state index contributed by atoms with van der Waals surface area (Å²) < 4.78 is 10.1. The number of rotatable bonds is 3. The van der Waals surface area contributed by atoms with Crippen molar-refractivity contribution < 1.29 is 29.6 Å². The van der Waals surface area contributed by atoms with Gasteiger partial charge in [0.05, 0.1) is 19.3 Å². The van der Waals surface area contributed by atoms with Crippen LogP contribution in [0, 0.1) is 0 Å². The van der Waals surface area contributed by atoms with Crippen LogP contribution in [0.25, 0.3) is 0 Å². The standard InChI is InChI=1S/C13H17NO6/c15-6-10-12(17)11(16)9(7-19-10)14-13(18)20-8-4-2-1-3-5-8/h1-5,9-12,15-17H,6-7H2,(H,14,18)/t9-,10-,11-,12+/m1/s1. The predicted molar refractivity (Wildman–Crippen MR) is 68.2 cm³/mol. The number of carbonyl (C=O) groups excluding carboxylic acids is 1. The molecule has 1 amide bonds. The molecule has 1 aromatic rings. The van der Waals surface area contributed by atoms with E-state index in [0.717, 1.165) is 0 Å². The van der Waals surface area contributed by atoms with Crippen LogP contribution in [0.4, 0.5) is 4.79 Å². The number of ether oxygens (including phenoxy) is 2. The zero-order chi connectivity index (χ0) is 14.5. The molecule has 0 saturated carbocycles. The second-order valence-electron chi connectivity index (χ2n) is 4.49. The quantitative estimate of drug-likeness (QED) is 0.582. The van der Waals surface area contributed by atoms with Crippen molar-refractivity contribution in [1.29, 1.82) is 0 Å². The van der Waals surface area contributed by atoms with Gasteiger partial charge in [-0.3, -0.25) is 0 Å². The number of hydrogen-bond acceptors (Lipinski definition) is 6. The first-order chi connectivity index (χ1) is 9.61. The summed E-state index contributed by atoms with van der Waals surface area (Å²) in [4.78, 5) is 11.7. The minimum absolute atomic E-state index is 0.0205. The summed E-state index contributed by atoms with van der Waals surface area (Å²) in [5.41, 5.74) is 0. The van der Waals surface area contributed by atoms with Gasteiger partial charge in [-0.2, -0.15) is 0 Å². The molecule has 1 aliphatic heterocycles. The molecule has 2 rings (SSSR count). The molecule has 0 aliphatic carbocycles. The van der Waals surface area contributed by atoms with Crippen molar-refractivity contribution in [1.82, 2.24) is 5.32 Å². The van der Waals surface area contributed by atoms with Gasteiger partial charge in [0, 0.05) is 0 Å². The number of aliphatic hydroxyl groups excluding tert-OH is 3. The molecule has 7 nitrogen and oxygen atoms in total. The Balaban J connectivity index is 1.88. The van der Waals surface area contributed by atoms with E-state index < -0.39 is 37.1 Å². The number of para-hydroxylation sites is 1. The Kier molecular flexibility index (Phi) is 4.91. The average molecular weight is 283 g/mol. The monoisotopic (exact) mass is 283 g/mol. The fourth-order valence-corrected chi connectivity index (χ4v) is 1.95. The number of hydrogen-bond donors (Lipinski definition) is 4. The highest BCUT2D eigenvalue weighted by Crippen LogP contribution is 2.16. The lowest BCUT2D eigenvalue weighted by Crippen LogP contribution is -2.60. The molecule has 0 bridgehead atoms. The van der Waals surface area contributed by atoms with Gasteiger partial charge in [0.15, 0.2) is 0 Å². The van der Waals surface area contributed by atoms with Gasteiger partial charge >= 0.3 is 6.09 Å². The third kappa shape index (κ3) is 3.45. The maximum Gasteiger partial charge on any atom is 0.412 e. The third-order valence-corrected chi connectivity index (χ3v) is 3.07. The Morgan fingerprint density at radius 1 is 1.30 bits per heavy atom. The molecule has 1 saturated heterocycles. The molecular formula is C13H17NO6. The lowest BCUT2D eigenvalue weighted by atomic mass is 9.99. The lowest BCUT2D eigenvalue weighted by molar-refractivity contribution is -0.160. The van der Waals surface area contributed by atoms with Gasteiger partial charge in [-0.25, -0.2) is 4.79 Å². The normalized spacial score (nSPS) is 29.8. The summed E-state index contributed by atoms with van der Waals surface area (Å²) in [5, 5.41) is 30.9. The molecule has 4 N–H and O–H groups in total. The SMILES string of the molecule is O=C(N[C@@H]1CO[C@H](CO)[C@H](O)[C@@H]1O)Oc1ccccc1. The largest absolute Gasteiger partial charge is 0.412 e. The van der Waals surface area contributed by atoms with E-state index in [4.69, 9.17) is 14.6 Å². The Bertz CT molecular complexity index is 440. The Morgan fingerprint density at radius 2 is 2.00 bits per heavy atom. The van der Waals surface area contributed by atoms with Gasteiger partial charge < -0.3 is 30.1 Å². The molecule has 0 aromatic heterocycles. The third-order valence-electron chi connectivity index (χ3n) is 3.07. The van der Waals surface area contributed by atoms with E-state index in [-0.39, 0.29) is 6.61 Å². The van der Waals surface area contributed by atoms with Crippen LogP contribution in [0.15, 0.2) is 30.3 Å². The van der Waals surface area contributed by atoms with E-state index in [2.05, 4.69) is 5.32 Å². The fourth-order valence-electron chi connectivity index (χ4n) is 1.95. The number of aliphatic hydroxyl groups is 3. The smallest absolute Gasteiger partial charge is 0.410 e. The van der Waals surface area contributed by atoms with Crippen LogP contribution in [-0.4, -0.2) is 59.0 Å². The topological polar surface area (TPSA) is 108 Å². The summed E-state index contributed by atoms with van der Waals surface area (Å²) in [7, 11) is 0. The molecule has 1 fully saturated rings. The van der Waals surface area contributed by atoms with Crippen molar-refractivity contribution in [2.75, 3.05) is 13.2 Å². The molecule has 110 valence electrons. The van der Waals surface area contributed by atoms with Gasteiger partial charge in [-0.05, 0) is 12.1 Å². The van der Waals surface area contributed by atoms with E-state index in [1.54, 1.807) is 30.3 Å². The number of amides is 1. The number of nitrogens with one attached hydrogen (secondary N) is 1. The van der Waals surface area contributed by atoms with Crippen LogP contribution in [0.5, 0.6) is 5.75 Å². The molecule has 1 aliphatic rings. The van der Waals surface area contributed by atoms with E-state index in [1.165, 1.54) is 0 Å². The van der Waals surface area contributed by atoms with Gasteiger partial charge in [-0.1, -0.05) is 18.2 Å². The van der Waals surface area contributed by atoms with Crippen molar-refractivity contribution in [2.24, 2.45) is 0 Å². The Hall–Kier alpha value is -1.67. The molecule has 1 aromatic carbocycles. The summed E-state index contributed by atoms with van der Waals surface area (Å²) in [6.07, 6.45) is -4.10. The molecule has 7 heteroatoms. The summed E-state index contributed by atoms with van der Waals surface area (Å²) in [6, 6.07) is 7.65.